The van der Waals surface area contributed by atoms with Crippen molar-refractivity contribution in [2.75, 3.05) is 20.2 Å². The molecule has 2 unspecified atom stereocenters. The largest absolute Gasteiger partial charge is 0.389 e. The Labute approximate surface area is 120 Å². The lowest BCUT2D eigenvalue weighted by molar-refractivity contribution is -0.00746. The van der Waals surface area contributed by atoms with E-state index in [-0.39, 0.29) is 0 Å². The van der Waals surface area contributed by atoms with Crippen LogP contribution in [0.1, 0.15) is 24.5 Å². The van der Waals surface area contributed by atoms with E-state index < -0.39 is 0 Å². The second-order valence-electron chi connectivity index (χ2n) is 5.30. The molecule has 1 heterocycles. The fourth-order valence-corrected chi connectivity index (χ4v) is 2.89. The predicted molar refractivity (Wildman–Crippen MR) is 82.2 cm³/mol. The first kappa shape index (κ1) is 14.4. The zero-order valence-corrected chi connectivity index (χ0v) is 12.5. The average Bonchev–Trinajstić information content (AvgIpc) is 2.41. The molecule has 1 aliphatic rings. The van der Waals surface area contributed by atoms with E-state index in [1.165, 1.54) is 12.0 Å². The number of ether oxygens (including phenoxy) is 1. The van der Waals surface area contributed by atoms with E-state index in [1.807, 2.05) is 18.2 Å². The number of hydrogen-bond donors (Lipinski definition) is 1. The minimum atomic E-state index is 0.325. The second kappa shape index (κ2) is 6.46. The summed E-state index contributed by atoms with van der Waals surface area (Å²) in [4.78, 5) is 2.90. The average molecular weight is 278 g/mol. The molecule has 0 saturated carbocycles. The third-order valence-electron chi connectivity index (χ3n) is 3.95. The van der Waals surface area contributed by atoms with Crippen molar-refractivity contribution in [1.82, 2.24) is 4.90 Å². The molecule has 1 aromatic rings. The summed E-state index contributed by atoms with van der Waals surface area (Å²) in [6.07, 6.45) is 1.50. The number of piperidine rings is 1. The van der Waals surface area contributed by atoms with Crippen LogP contribution in [-0.4, -0.2) is 36.2 Å². The van der Waals surface area contributed by atoms with Crippen LogP contribution in [0.3, 0.4) is 0 Å². The summed E-state index contributed by atoms with van der Waals surface area (Å²) in [5.41, 5.74) is 7.98. The monoisotopic (exact) mass is 278 g/mol. The molecule has 104 valence electrons. The molecular formula is C15H22N2OS. The van der Waals surface area contributed by atoms with Crippen molar-refractivity contribution in [2.24, 2.45) is 11.7 Å². The molecule has 1 aliphatic heterocycles. The van der Waals surface area contributed by atoms with Crippen LogP contribution in [0.25, 0.3) is 0 Å². The van der Waals surface area contributed by atoms with Gasteiger partial charge < -0.3 is 10.5 Å². The molecule has 1 fully saturated rings. The molecule has 0 spiro atoms. The number of benzene rings is 1. The van der Waals surface area contributed by atoms with Crippen LogP contribution in [0.15, 0.2) is 24.3 Å². The number of methoxy groups -OCH3 is 1. The molecule has 0 aliphatic carbocycles. The van der Waals surface area contributed by atoms with E-state index in [2.05, 4.69) is 17.9 Å². The first-order valence-electron chi connectivity index (χ1n) is 6.74. The van der Waals surface area contributed by atoms with E-state index in [0.29, 0.717) is 17.0 Å². The van der Waals surface area contributed by atoms with Gasteiger partial charge in [-0.1, -0.05) is 43.4 Å². The Hall–Kier alpha value is -0.970. The highest BCUT2D eigenvalue weighted by molar-refractivity contribution is 7.80. The second-order valence-corrected chi connectivity index (χ2v) is 5.74. The molecule has 3 nitrogen and oxygen atoms in total. The molecular weight excluding hydrogens is 256 g/mol. The molecule has 19 heavy (non-hydrogen) atoms. The Morgan fingerprint density at radius 3 is 2.89 bits per heavy atom. The lowest BCUT2D eigenvalue weighted by Gasteiger charge is -2.36. The number of hydrogen-bond acceptors (Lipinski definition) is 3. The van der Waals surface area contributed by atoms with E-state index in [1.54, 1.807) is 7.11 Å². The van der Waals surface area contributed by atoms with Gasteiger partial charge in [0.2, 0.25) is 0 Å². The van der Waals surface area contributed by atoms with Crippen molar-refractivity contribution < 1.29 is 4.74 Å². The molecule has 1 saturated heterocycles. The number of nitrogens with two attached hydrogens (primary N) is 1. The van der Waals surface area contributed by atoms with Crippen LogP contribution in [0.2, 0.25) is 0 Å². The minimum absolute atomic E-state index is 0.325. The maximum atomic E-state index is 5.78. The van der Waals surface area contributed by atoms with E-state index in [0.717, 1.165) is 25.2 Å². The van der Waals surface area contributed by atoms with Gasteiger partial charge in [0.15, 0.2) is 0 Å². The van der Waals surface area contributed by atoms with Crippen LogP contribution in [0.4, 0.5) is 0 Å². The van der Waals surface area contributed by atoms with Crippen molar-refractivity contribution in [1.29, 1.82) is 0 Å². The zero-order valence-electron chi connectivity index (χ0n) is 11.6. The third-order valence-corrected chi connectivity index (χ3v) is 4.17. The standard InChI is InChI=1S/C15H22N2OS/c1-11-7-8-17(10-14(11)18-2)9-12-5-3-4-6-13(12)15(16)19/h3-6,11,14H,7-10H2,1-2H3,(H2,16,19). The van der Waals surface area contributed by atoms with Crippen molar-refractivity contribution in [3.63, 3.8) is 0 Å². The predicted octanol–water partition coefficient (Wildman–Crippen LogP) is 2.18. The first-order chi connectivity index (χ1) is 9.11. The van der Waals surface area contributed by atoms with Gasteiger partial charge >= 0.3 is 0 Å². The third kappa shape index (κ3) is 3.53. The lowest BCUT2D eigenvalue weighted by atomic mass is 9.95. The summed E-state index contributed by atoms with van der Waals surface area (Å²) in [6, 6.07) is 8.12. The highest BCUT2D eigenvalue weighted by Crippen LogP contribution is 2.22. The zero-order chi connectivity index (χ0) is 13.8. The maximum Gasteiger partial charge on any atom is 0.104 e. The van der Waals surface area contributed by atoms with Gasteiger partial charge in [0.1, 0.15) is 4.99 Å². The van der Waals surface area contributed by atoms with Gasteiger partial charge in [0.25, 0.3) is 0 Å². The normalized spacial score (nSPS) is 24.3. The highest BCUT2D eigenvalue weighted by atomic mass is 32.1. The van der Waals surface area contributed by atoms with E-state index in [4.69, 9.17) is 22.7 Å². The van der Waals surface area contributed by atoms with Gasteiger partial charge in [-0.15, -0.1) is 0 Å². The number of rotatable bonds is 4. The Balaban J connectivity index is 2.07. The van der Waals surface area contributed by atoms with Crippen molar-refractivity contribution in [3.8, 4) is 0 Å². The topological polar surface area (TPSA) is 38.5 Å². The number of thiocarbonyl (C=S) groups is 1. The fraction of sp³-hybridized carbons (Fsp3) is 0.533. The first-order valence-corrected chi connectivity index (χ1v) is 7.15. The molecule has 2 N–H and O–H groups in total. The minimum Gasteiger partial charge on any atom is -0.389 e. The molecule has 1 aromatic carbocycles. The van der Waals surface area contributed by atoms with Crippen LogP contribution < -0.4 is 5.73 Å². The van der Waals surface area contributed by atoms with Crippen LogP contribution in [0, 0.1) is 5.92 Å². The summed E-state index contributed by atoms with van der Waals surface area (Å²) in [7, 11) is 1.80. The summed E-state index contributed by atoms with van der Waals surface area (Å²) in [5, 5.41) is 0. The van der Waals surface area contributed by atoms with Gasteiger partial charge in [0.05, 0.1) is 6.10 Å². The van der Waals surface area contributed by atoms with Crippen LogP contribution >= 0.6 is 12.2 Å². The quantitative estimate of drug-likeness (QED) is 0.857. The van der Waals surface area contributed by atoms with Gasteiger partial charge in [-0.2, -0.15) is 0 Å². The molecule has 4 heteroatoms. The highest BCUT2D eigenvalue weighted by Gasteiger charge is 2.26. The van der Waals surface area contributed by atoms with Gasteiger partial charge in [-0.3, -0.25) is 4.90 Å². The van der Waals surface area contributed by atoms with Crippen LogP contribution in [-0.2, 0) is 11.3 Å². The number of likely N-dealkylation sites (tertiary alicyclic amines) is 1. The Kier molecular flexibility index (Phi) is 4.91. The van der Waals surface area contributed by atoms with Crippen molar-refractivity contribution in [2.45, 2.75) is 26.0 Å². The van der Waals surface area contributed by atoms with Gasteiger partial charge in [-0.05, 0) is 24.4 Å². The van der Waals surface area contributed by atoms with Gasteiger partial charge in [0, 0.05) is 25.8 Å². The van der Waals surface area contributed by atoms with Crippen molar-refractivity contribution in [3.05, 3.63) is 35.4 Å². The summed E-state index contributed by atoms with van der Waals surface area (Å²) in [6.45, 7) is 5.23. The SMILES string of the molecule is COC1CN(Cc2ccccc2C(N)=S)CCC1C. The van der Waals surface area contributed by atoms with E-state index >= 15 is 0 Å². The van der Waals surface area contributed by atoms with Gasteiger partial charge in [-0.25, -0.2) is 0 Å². The Morgan fingerprint density at radius 2 is 2.21 bits per heavy atom. The molecule has 2 atom stereocenters. The van der Waals surface area contributed by atoms with Crippen LogP contribution in [0.5, 0.6) is 0 Å². The number of nitrogens with zero attached hydrogens (tertiary/aromatic N) is 1. The molecule has 0 bridgehead atoms. The molecule has 2 rings (SSSR count). The van der Waals surface area contributed by atoms with Crippen molar-refractivity contribution >= 4 is 17.2 Å². The lowest BCUT2D eigenvalue weighted by Crippen LogP contribution is -2.43. The Morgan fingerprint density at radius 1 is 1.47 bits per heavy atom. The summed E-state index contributed by atoms with van der Waals surface area (Å²) < 4.78 is 5.56. The maximum absolute atomic E-state index is 5.78. The summed E-state index contributed by atoms with van der Waals surface area (Å²) >= 11 is 5.12. The molecule has 0 aromatic heterocycles. The Bertz CT molecular complexity index is 450. The fourth-order valence-electron chi connectivity index (χ4n) is 2.69. The van der Waals surface area contributed by atoms with E-state index in [9.17, 15) is 0 Å². The summed E-state index contributed by atoms with van der Waals surface area (Å²) in [5.74, 6) is 0.632. The molecule has 0 radical (unpaired) electrons. The molecule has 0 amide bonds. The smallest absolute Gasteiger partial charge is 0.104 e.